The van der Waals surface area contributed by atoms with Crippen LogP contribution in [0.4, 0.5) is 0 Å². The highest BCUT2D eigenvalue weighted by atomic mass is 16.5. The van der Waals surface area contributed by atoms with Gasteiger partial charge in [-0.1, -0.05) is 48.5 Å². The molecule has 0 unspecified atom stereocenters. The maximum atomic E-state index is 13.9. The van der Waals surface area contributed by atoms with Crippen molar-refractivity contribution in [1.82, 2.24) is 4.90 Å². The van der Waals surface area contributed by atoms with Crippen LogP contribution in [0.5, 0.6) is 11.5 Å². The third-order valence-corrected chi connectivity index (χ3v) is 7.06. The van der Waals surface area contributed by atoms with E-state index in [4.69, 9.17) is 9.47 Å². The van der Waals surface area contributed by atoms with Gasteiger partial charge in [0.15, 0.2) is 0 Å². The molecule has 0 fully saturated rings. The van der Waals surface area contributed by atoms with Crippen LogP contribution in [0.15, 0.2) is 90.5 Å². The second-order valence-corrected chi connectivity index (χ2v) is 9.10. The lowest BCUT2D eigenvalue weighted by Crippen LogP contribution is -2.35. The molecule has 4 heteroatoms. The molecule has 0 aromatic heterocycles. The monoisotopic (exact) mass is 451 g/mol. The fourth-order valence-electron chi connectivity index (χ4n) is 5.03. The summed E-state index contributed by atoms with van der Waals surface area (Å²) >= 11 is 0. The molecular formula is C30H29NO3. The molecular weight excluding hydrogens is 422 g/mol. The van der Waals surface area contributed by atoms with E-state index in [1.807, 2.05) is 59.5 Å². The summed E-state index contributed by atoms with van der Waals surface area (Å²) in [5, 5.41) is 0. The summed E-state index contributed by atoms with van der Waals surface area (Å²) in [5.41, 5.74) is 6.09. The highest BCUT2D eigenvalue weighted by Gasteiger charge is 2.49. The SMILES string of the molecule is COc1ccc(C2=CC3=C(c4ccc(OC)cc4)N(Cc4ccccc4)C(=O)[C@]3(C)CC2)cc1. The van der Waals surface area contributed by atoms with Crippen LogP contribution in [0.25, 0.3) is 11.3 Å². The van der Waals surface area contributed by atoms with Crippen LogP contribution in [-0.4, -0.2) is 25.0 Å². The Morgan fingerprint density at radius 2 is 1.41 bits per heavy atom. The normalized spacial score (nSPS) is 19.7. The largest absolute Gasteiger partial charge is 0.497 e. The molecule has 1 aliphatic heterocycles. The minimum absolute atomic E-state index is 0.169. The standard InChI is InChI=1S/C30H29NO3/c1-30-18-17-24(22-9-13-25(33-2)14-10-22)19-27(30)28(23-11-15-26(34-3)16-12-23)31(29(30)32)20-21-7-5-4-6-8-21/h4-16,19H,17-18,20H2,1-3H3/t30-/m1/s1. The number of methoxy groups -OCH3 is 2. The van der Waals surface area contributed by atoms with Gasteiger partial charge in [0.25, 0.3) is 0 Å². The first-order chi connectivity index (χ1) is 16.5. The van der Waals surface area contributed by atoms with Crippen LogP contribution >= 0.6 is 0 Å². The van der Waals surface area contributed by atoms with E-state index in [0.29, 0.717) is 6.54 Å². The molecule has 1 atom stereocenters. The number of nitrogens with zero attached hydrogens (tertiary/aromatic N) is 1. The van der Waals surface area contributed by atoms with Crippen molar-refractivity contribution in [3.63, 3.8) is 0 Å². The summed E-state index contributed by atoms with van der Waals surface area (Å²) in [6.45, 7) is 2.65. The Labute approximate surface area is 201 Å². The number of hydrogen-bond donors (Lipinski definition) is 0. The van der Waals surface area contributed by atoms with Gasteiger partial charge < -0.3 is 14.4 Å². The minimum atomic E-state index is -0.542. The van der Waals surface area contributed by atoms with Gasteiger partial charge in [0.05, 0.1) is 31.9 Å². The molecule has 0 saturated carbocycles. The average Bonchev–Trinajstić information content (AvgIpc) is 3.10. The van der Waals surface area contributed by atoms with Gasteiger partial charge in [-0.25, -0.2) is 0 Å². The molecule has 0 N–H and O–H groups in total. The number of amides is 1. The second-order valence-electron chi connectivity index (χ2n) is 9.10. The Morgan fingerprint density at radius 3 is 2.00 bits per heavy atom. The first kappa shape index (κ1) is 22.0. The van der Waals surface area contributed by atoms with Crippen LogP contribution in [-0.2, 0) is 11.3 Å². The Balaban J connectivity index is 1.65. The minimum Gasteiger partial charge on any atom is -0.497 e. The summed E-state index contributed by atoms with van der Waals surface area (Å²) in [5.74, 6) is 1.81. The van der Waals surface area contributed by atoms with Crippen LogP contribution in [0.3, 0.4) is 0 Å². The number of carbonyl (C=O) groups is 1. The molecule has 0 bridgehead atoms. The molecule has 1 amide bonds. The Bertz CT molecular complexity index is 1260. The summed E-state index contributed by atoms with van der Waals surface area (Å²) in [6, 6.07) is 26.4. The van der Waals surface area contributed by atoms with Gasteiger partial charge in [-0.3, -0.25) is 4.79 Å². The zero-order valence-electron chi connectivity index (χ0n) is 19.9. The third kappa shape index (κ3) is 3.79. The van der Waals surface area contributed by atoms with E-state index in [1.165, 1.54) is 11.1 Å². The Morgan fingerprint density at radius 1 is 0.824 bits per heavy atom. The first-order valence-corrected chi connectivity index (χ1v) is 11.6. The zero-order valence-corrected chi connectivity index (χ0v) is 19.9. The van der Waals surface area contributed by atoms with Crippen molar-refractivity contribution in [2.24, 2.45) is 5.41 Å². The fraction of sp³-hybridized carbons (Fsp3) is 0.233. The summed E-state index contributed by atoms with van der Waals surface area (Å²) in [4.78, 5) is 15.9. The molecule has 2 aliphatic rings. The molecule has 34 heavy (non-hydrogen) atoms. The summed E-state index contributed by atoms with van der Waals surface area (Å²) in [6.07, 6.45) is 3.88. The van der Waals surface area contributed by atoms with Gasteiger partial charge in [-0.15, -0.1) is 0 Å². The van der Waals surface area contributed by atoms with Gasteiger partial charge in [0, 0.05) is 0 Å². The number of fused-ring (bicyclic) bond motifs is 1. The van der Waals surface area contributed by atoms with Gasteiger partial charge in [0.1, 0.15) is 11.5 Å². The zero-order chi connectivity index (χ0) is 23.7. The highest BCUT2D eigenvalue weighted by molar-refractivity contribution is 6.03. The Kier molecular flexibility index (Phi) is 5.74. The number of carbonyl (C=O) groups excluding carboxylic acids is 1. The van der Waals surface area contributed by atoms with E-state index < -0.39 is 5.41 Å². The molecule has 0 spiro atoms. The van der Waals surface area contributed by atoms with Gasteiger partial charge in [-0.2, -0.15) is 0 Å². The lowest BCUT2D eigenvalue weighted by Gasteiger charge is -2.30. The quantitative estimate of drug-likeness (QED) is 0.439. The van der Waals surface area contributed by atoms with E-state index in [-0.39, 0.29) is 5.91 Å². The Hall–Kier alpha value is -3.79. The number of rotatable bonds is 6. The van der Waals surface area contributed by atoms with Gasteiger partial charge in [0.2, 0.25) is 5.91 Å². The maximum Gasteiger partial charge on any atom is 0.237 e. The molecule has 0 saturated heterocycles. The van der Waals surface area contributed by atoms with Crippen molar-refractivity contribution in [2.75, 3.05) is 14.2 Å². The average molecular weight is 452 g/mol. The highest BCUT2D eigenvalue weighted by Crippen LogP contribution is 2.52. The van der Waals surface area contributed by atoms with E-state index >= 15 is 0 Å². The van der Waals surface area contributed by atoms with E-state index in [2.05, 4.69) is 37.3 Å². The number of hydrogen-bond acceptors (Lipinski definition) is 3. The van der Waals surface area contributed by atoms with Crippen LogP contribution < -0.4 is 9.47 Å². The third-order valence-electron chi connectivity index (χ3n) is 7.06. The molecule has 1 heterocycles. The molecule has 3 aromatic carbocycles. The molecule has 3 aromatic rings. The number of benzene rings is 3. The van der Waals surface area contributed by atoms with Crippen molar-refractivity contribution >= 4 is 17.2 Å². The topological polar surface area (TPSA) is 38.8 Å². The molecule has 4 nitrogen and oxygen atoms in total. The number of ether oxygens (including phenoxy) is 2. The van der Waals surface area contributed by atoms with Crippen LogP contribution in [0.1, 0.15) is 36.5 Å². The molecule has 0 radical (unpaired) electrons. The van der Waals surface area contributed by atoms with Crippen LogP contribution in [0.2, 0.25) is 0 Å². The molecule has 1 aliphatic carbocycles. The van der Waals surface area contributed by atoms with Crippen molar-refractivity contribution in [2.45, 2.75) is 26.3 Å². The van der Waals surface area contributed by atoms with Gasteiger partial charge >= 0.3 is 0 Å². The van der Waals surface area contributed by atoms with Crippen molar-refractivity contribution in [3.8, 4) is 11.5 Å². The maximum absolute atomic E-state index is 13.9. The van der Waals surface area contributed by atoms with Gasteiger partial charge in [-0.05, 0) is 84.0 Å². The second kappa shape index (κ2) is 8.86. The van der Waals surface area contributed by atoms with Crippen molar-refractivity contribution < 1.29 is 14.3 Å². The number of allylic oxidation sites excluding steroid dienone is 2. The van der Waals surface area contributed by atoms with E-state index in [1.54, 1.807) is 14.2 Å². The summed E-state index contributed by atoms with van der Waals surface area (Å²) < 4.78 is 10.7. The van der Waals surface area contributed by atoms with Crippen LogP contribution in [0, 0.1) is 5.41 Å². The first-order valence-electron chi connectivity index (χ1n) is 11.6. The van der Waals surface area contributed by atoms with Crippen molar-refractivity contribution in [1.29, 1.82) is 0 Å². The smallest absolute Gasteiger partial charge is 0.237 e. The molecule has 172 valence electrons. The summed E-state index contributed by atoms with van der Waals surface area (Å²) in [7, 11) is 3.34. The van der Waals surface area contributed by atoms with E-state index in [0.717, 1.165) is 46.7 Å². The predicted octanol–water partition coefficient (Wildman–Crippen LogP) is 6.34. The fourth-order valence-corrected chi connectivity index (χ4v) is 5.03. The molecule has 5 rings (SSSR count). The van der Waals surface area contributed by atoms with Crippen molar-refractivity contribution in [3.05, 3.63) is 107 Å². The van der Waals surface area contributed by atoms with E-state index in [9.17, 15) is 4.79 Å². The lowest BCUT2D eigenvalue weighted by molar-refractivity contribution is -0.134. The predicted molar refractivity (Wildman–Crippen MR) is 135 cm³/mol. The lowest BCUT2D eigenvalue weighted by atomic mass is 9.72.